The number of carbonyl (C=O) groups is 2. The van der Waals surface area contributed by atoms with E-state index < -0.39 is 18.0 Å². The third kappa shape index (κ3) is 8.18. The molecular weight excluding hydrogens is 524 g/mol. The molecule has 0 bridgehead atoms. The van der Waals surface area contributed by atoms with E-state index in [4.69, 9.17) is 29.5 Å². The molecule has 1 aromatic heterocycles. The van der Waals surface area contributed by atoms with Crippen LogP contribution in [0.25, 0.3) is 11.5 Å². The fourth-order valence-corrected chi connectivity index (χ4v) is 4.22. The number of hydrogen-bond acceptors (Lipinski definition) is 8. The van der Waals surface area contributed by atoms with E-state index in [0.717, 1.165) is 17.0 Å². The van der Waals surface area contributed by atoms with Crippen LogP contribution in [-0.4, -0.2) is 34.7 Å². The van der Waals surface area contributed by atoms with Crippen LogP contribution in [-0.2, 0) is 27.2 Å². The molecular formula is C32H34N2O7. The molecule has 1 heterocycles. The van der Waals surface area contributed by atoms with E-state index in [9.17, 15) is 9.59 Å². The second-order valence-electron chi connectivity index (χ2n) is 9.78. The van der Waals surface area contributed by atoms with Gasteiger partial charge in [0.2, 0.25) is 5.89 Å². The van der Waals surface area contributed by atoms with Gasteiger partial charge in [-0.3, -0.25) is 4.79 Å². The second kappa shape index (κ2) is 13.6. The van der Waals surface area contributed by atoms with E-state index in [2.05, 4.69) is 4.98 Å². The van der Waals surface area contributed by atoms with E-state index >= 15 is 0 Å². The number of hydrogen-bond donors (Lipinski definition) is 2. The van der Waals surface area contributed by atoms with Gasteiger partial charge in [0.1, 0.15) is 29.1 Å². The van der Waals surface area contributed by atoms with Gasteiger partial charge in [0.15, 0.2) is 0 Å². The second-order valence-corrected chi connectivity index (χ2v) is 9.78. The maximum absolute atomic E-state index is 12.5. The Kier molecular flexibility index (Phi) is 9.76. The first-order chi connectivity index (χ1) is 19.7. The van der Waals surface area contributed by atoms with Crippen molar-refractivity contribution in [2.75, 3.05) is 6.61 Å². The van der Waals surface area contributed by atoms with E-state index in [1.807, 2.05) is 61.5 Å². The zero-order valence-corrected chi connectivity index (χ0v) is 23.3. The molecule has 0 aliphatic heterocycles. The van der Waals surface area contributed by atoms with Gasteiger partial charge in [-0.05, 0) is 80.8 Å². The summed E-state index contributed by atoms with van der Waals surface area (Å²) in [7, 11) is 0. The standard InChI is InChI=1S/C32H34N2O7/c1-20(2)39-32(37)30(33)27-19-25(14-12-22(27)13-15-29(35)36)38-17-16-28-21(3)40-31(34-28)23-8-7-11-26(18-23)41-24-9-5-4-6-10-24/h4-12,14,18-20,30H,13,15-17,33H2,1-3H3,(H,35,36). The molecule has 41 heavy (non-hydrogen) atoms. The first kappa shape index (κ1) is 29.4. The molecule has 9 nitrogen and oxygen atoms in total. The third-order valence-corrected chi connectivity index (χ3v) is 6.23. The maximum atomic E-state index is 12.5. The lowest BCUT2D eigenvalue weighted by Gasteiger charge is -2.18. The van der Waals surface area contributed by atoms with Gasteiger partial charge in [0.05, 0.1) is 18.4 Å². The third-order valence-electron chi connectivity index (χ3n) is 6.23. The van der Waals surface area contributed by atoms with Crippen molar-refractivity contribution in [1.29, 1.82) is 0 Å². The highest BCUT2D eigenvalue weighted by molar-refractivity contribution is 5.78. The lowest BCUT2D eigenvalue weighted by Crippen LogP contribution is -2.27. The normalized spacial score (nSPS) is 11.7. The minimum atomic E-state index is -1.06. The molecule has 4 aromatic rings. The smallest absolute Gasteiger partial charge is 0.327 e. The van der Waals surface area contributed by atoms with E-state index in [1.54, 1.807) is 32.0 Å². The topological polar surface area (TPSA) is 134 Å². The monoisotopic (exact) mass is 558 g/mol. The lowest BCUT2D eigenvalue weighted by molar-refractivity contribution is -0.149. The molecule has 0 radical (unpaired) electrons. The van der Waals surface area contributed by atoms with Crippen LogP contribution in [0.15, 0.2) is 77.2 Å². The van der Waals surface area contributed by atoms with Crippen LogP contribution < -0.4 is 15.2 Å². The molecule has 0 saturated carbocycles. The number of nitrogens with two attached hydrogens (primary N) is 1. The molecule has 9 heteroatoms. The van der Waals surface area contributed by atoms with Crippen LogP contribution in [0.4, 0.5) is 0 Å². The maximum Gasteiger partial charge on any atom is 0.327 e. The van der Waals surface area contributed by atoms with Gasteiger partial charge >= 0.3 is 11.9 Å². The molecule has 0 aliphatic carbocycles. The number of carboxylic acids is 1. The van der Waals surface area contributed by atoms with Crippen molar-refractivity contribution >= 4 is 11.9 Å². The average Bonchev–Trinajstić information content (AvgIpc) is 3.32. The largest absolute Gasteiger partial charge is 0.493 e. The van der Waals surface area contributed by atoms with E-state index in [-0.39, 0.29) is 18.9 Å². The number of carbonyl (C=O) groups excluding carboxylic acids is 1. The number of para-hydroxylation sites is 1. The van der Waals surface area contributed by atoms with Crippen LogP contribution in [0, 0.1) is 6.92 Å². The Morgan fingerprint density at radius 1 is 0.951 bits per heavy atom. The van der Waals surface area contributed by atoms with Crippen molar-refractivity contribution in [3.63, 3.8) is 0 Å². The number of aliphatic carboxylic acids is 1. The average molecular weight is 559 g/mol. The number of oxazole rings is 1. The van der Waals surface area contributed by atoms with Gasteiger partial charge in [-0.1, -0.05) is 30.3 Å². The zero-order chi connectivity index (χ0) is 29.4. The van der Waals surface area contributed by atoms with Gasteiger partial charge < -0.3 is 29.5 Å². The Morgan fingerprint density at radius 3 is 2.44 bits per heavy atom. The minimum absolute atomic E-state index is 0.0891. The number of esters is 1. The van der Waals surface area contributed by atoms with Crippen LogP contribution >= 0.6 is 0 Å². The lowest BCUT2D eigenvalue weighted by atomic mass is 9.97. The Bertz CT molecular complexity index is 1480. The van der Waals surface area contributed by atoms with Crippen molar-refractivity contribution in [2.45, 2.75) is 52.2 Å². The Hall–Kier alpha value is -4.63. The molecule has 0 saturated heterocycles. The number of nitrogens with zero attached hydrogens (tertiary/aromatic N) is 1. The van der Waals surface area contributed by atoms with Crippen LogP contribution in [0.1, 0.15) is 48.9 Å². The van der Waals surface area contributed by atoms with Crippen molar-refractivity contribution in [3.8, 4) is 28.7 Å². The molecule has 1 unspecified atom stereocenters. The van der Waals surface area contributed by atoms with E-state index in [1.165, 1.54) is 0 Å². The fraction of sp³-hybridized carbons (Fsp3) is 0.281. The first-order valence-electron chi connectivity index (χ1n) is 13.4. The molecule has 0 spiro atoms. The van der Waals surface area contributed by atoms with Gasteiger partial charge in [0, 0.05) is 18.4 Å². The van der Waals surface area contributed by atoms with Crippen LogP contribution in [0.3, 0.4) is 0 Å². The molecule has 3 aromatic carbocycles. The molecule has 214 valence electrons. The molecule has 0 amide bonds. The quantitative estimate of drug-likeness (QED) is 0.189. The number of aryl methyl sites for hydroxylation is 2. The SMILES string of the molecule is Cc1oc(-c2cccc(Oc3ccccc3)c2)nc1CCOc1ccc(CCC(=O)O)c(C(N)C(=O)OC(C)C)c1. The van der Waals surface area contributed by atoms with Crippen molar-refractivity contribution in [3.05, 3.63) is 95.4 Å². The van der Waals surface area contributed by atoms with Gasteiger partial charge in [-0.15, -0.1) is 0 Å². The van der Waals surface area contributed by atoms with Gasteiger partial charge in [-0.25, -0.2) is 9.78 Å². The van der Waals surface area contributed by atoms with Crippen LogP contribution in [0.2, 0.25) is 0 Å². The van der Waals surface area contributed by atoms with Gasteiger partial charge in [-0.2, -0.15) is 0 Å². The zero-order valence-electron chi connectivity index (χ0n) is 23.3. The first-order valence-corrected chi connectivity index (χ1v) is 13.4. The summed E-state index contributed by atoms with van der Waals surface area (Å²) in [6, 6.07) is 21.1. The summed E-state index contributed by atoms with van der Waals surface area (Å²) in [6.07, 6.45) is 0.290. The van der Waals surface area contributed by atoms with Crippen molar-refractivity contribution in [2.24, 2.45) is 5.73 Å². The van der Waals surface area contributed by atoms with Crippen molar-refractivity contribution in [1.82, 2.24) is 4.98 Å². The highest BCUT2D eigenvalue weighted by atomic mass is 16.5. The highest BCUT2D eigenvalue weighted by Gasteiger charge is 2.23. The summed E-state index contributed by atoms with van der Waals surface area (Å²) in [5.41, 5.74) is 8.88. The molecule has 3 N–H and O–H groups in total. The predicted molar refractivity (Wildman–Crippen MR) is 153 cm³/mol. The fourth-order valence-electron chi connectivity index (χ4n) is 4.22. The number of ether oxygens (including phenoxy) is 3. The molecule has 0 fully saturated rings. The van der Waals surface area contributed by atoms with E-state index in [0.29, 0.717) is 47.3 Å². The highest BCUT2D eigenvalue weighted by Crippen LogP contribution is 2.29. The summed E-state index contributed by atoms with van der Waals surface area (Å²) >= 11 is 0. The van der Waals surface area contributed by atoms with Crippen molar-refractivity contribution < 1.29 is 33.3 Å². The van der Waals surface area contributed by atoms with Gasteiger partial charge in [0.25, 0.3) is 0 Å². The predicted octanol–water partition coefficient (Wildman–Crippen LogP) is 6.03. The number of rotatable bonds is 13. The number of carboxylic acid groups (broad SMARTS) is 1. The summed E-state index contributed by atoms with van der Waals surface area (Å²) < 4.78 is 23.1. The summed E-state index contributed by atoms with van der Waals surface area (Å²) in [5, 5.41) is 9.11. The Morgan fingerprint density at radius 2 is 1.71 bits per heavy atom. The Labute approximate surface area is 238 Å². The summed E-state index contributed by atoms with van der Waals surface area (Å²) in [4.78, 5) is 28.3. The molecule has 1 atom stereocenters. The molecule has 4 rings (SSSR count). The van der Waals surface area contributed by atoms with Crippen LogP contribution in [0.5, 0.6) is 17.2 Å². The minimum Gasteiger partial charge on any atom is -0.493 e. The summed E-state index contributed by atoms with van der Waals surface area (Å²) in [6.45, 7) is 5.62. The molecule has 0 aliphatic rings. The number of benzene rings is 3. The Balaban J connectivity index is 1.43. The number of aromatic nitrogens is 1. The summed E-state index contributed by atoms with van der Waals surface area (Å²) in [5.74, 6) is 1.55.